The summed E-state index contributed by atoms with van der Waals surface area (Å²) in [5.74, 6) is 0.703. The van der Waals surface area contributed by atoms with Crippen molar-refractivity contribution in [3.63, 3.8) is 0 Å². The fraction of sp³-hybridized carbons (Fsp3) is 0.238. The van der Waals surface area contributed by atoms with Crippen LogP contribution in [0.4, 0.5) is 5.69 Å². The molecule has 7 heteroatoms. The average Bonchev–Trinajstić information content (AvgIpc) is 3.21. The molecule has 3 heterocycles. The number of amides is 1. The van der Waals surface area contributed by atoms with Crippen molar-refractivity contribution in [2.75, 3.05) is 18.6 Å². The Balaban J connectivity index is 1.63. The molecule has 2 aliphatic rings. The standard InChI is InChI=1S/C21H19N3O3S/c1-27-13-7-8-16-14(9-13)15-10-17-20(26)23(12-5-3-2-4-6-12)21(28)24(17)18(11-25)19(15)22-16/h2-9,17-18,22,25H,10-11H2,1H3. The van der Waals surface area contributed by atoms with Crippen LogP contribution in [0.15, 0.2) is 48.5 Å². The average molecular weight is 393 g/mol. The normalized spacial score (nSPS) is 21.2. The highest BCUT2D eigenvalue weighted by Gasteiger charge is 2.50. The number of hydrogen-bond acceptors (Lipinski definition) is 4. The van der Waals surface area contributed by atoms with Gasteiger partial charge in [-0.05, 0) is 48.1 Å². The summed E-state index contributed by atoms with van der Waals surface area (Å²) in [4.78, 5) is 20.2. The van der Waals surface area contributed by atoms with Crippen LogP contribution in [0.3, 0.4) is 0 Å². The number of benzene rings is 2. The van der Waals surface area contributed by atoms with Gasteiger partial charge in [0.25, 0.3) is 5.91 Å². The first-order valence-electron chi connectivity index (χ1n) is 9.14. The Bertz CT molecular complexity index is 1090. The first-order chi connectivity index (χ1) is 13.6. The number of nitrogens with zero attached hydrogens (tertiary/aromatic N) is 2. The monoisotopic (exact) mass is 393 g/mol. The first kappa shape index (κ1) is 17.2. The van der Waals surface area contributed by atoms with Crippen LogP contribution in [0.25, 0.3) is 10.9 Å². The number of rotatable bonds is 3. The molecule has 0 bridgehead atoms. The third-order valence-electron chi connectivity index (χ3n) is 5.65. The molecule has 2 aromatic carbocycles. The number of hydrogen-bond donors (Lipinski definition) is 2. The summed E-state index contributed by atoms with van der Waals surface area (Å²) in [7, 11) is 1.63. The molecule has 2 aliphatic heterocycles. The number of H-pyrrole nitrogens is 1. The molecule has 142 valence electrons. The molecular weight excluding hydrogens is 374 g/mol. The van der Waals surface area contributed by atoms with Crippen LogP contribution in [0.1, 0.15) is 17.3 Å². The summed E-state index contributed by atoms with van der Waals surface area (Å²) in [6.45, 7) is -0.135. The summed E-state index contributed by atoms with van der Waals surface area (Å²) in [5, 5.41) is 11.6. The second kappa shape index (κ2) is 6.32. The van der Waals surface area contributed by atoms with Crippen molar-refractivity contribution in [3.8, 4) is 5.75 Å². The lowest BCUT2D eigenvalue weighted by atomic mass is 9.92. The quantitative estimate of drug-likeness (QED) is 0.670. The van der Waals surface area contributed by atoms with Gasteiger partial charge >= 0.3 is 0 Å². The SMILES string of the molecule is COc1ccc2[nH]c3c(c2c1)CC1C(=O)N(c2ccccc2)C(=S)N1C3CO. The van der Waals surface area contributed by atoms with Crippen molar-refractivity contribution >= 4 is 39.8 Å². The number of aliphatic hydroxyl groups is 1. The van der Waals surface area contributed by atoms with Gasteiger partial charge in [0.1, 0.15) is 11.8 Å². The summed E-state index contributed by atoms with van der Waals surface area (Å²) in [5.41, 5.74) is 3.66. The molecular formula is C21H19N3O3S. The molecule has 1 fully saturated rings. The molecule has 28 heavy (non-hydrogen) atoms. The van der Waals surface area contributed by atoms with E-state index in [1.54, 1.807) is 12.0 Å². The number of carbonyl (C=O) groups excluding carboxylic acids is 1. The summed E-state index contributed by atoms with van der Waals surface area (Å²) in [6.07, 6.45) is 0.529. The fourth-order valence-electron chi connectivity index (χ4n) is 4.35. The number of para-hydroxylation sites is 1. The number of fused-ring (bicyclic) bond motifs is 4. The van der Waals surface area contributed by atoms with Gasteiger partial charge in [-0.25, -0.2) is 0 Å². The highest BCUT2D eigenvalue weighted by atomic mass is 32.1. The summed E-state index contributed by atoms with van der Waals surface area (Å²) in [6, 6.07) is 14.4. The minimum atomic E-state index is -0.428. The van der Waals surface area contributed by atoms with Gasteiger partial charge in [0, 0.05) is 23.0 Å². The van der Waals surface area contributed by atoms with E-state index < -0.39 is 12.1 Å². The molecule has 1 saturated heterocycles. The van der Waals surface area contributed by atoms with E-state index in [1.165, 1.54) is 0 Å². The van der Waals surface area contributed by atoms with Gasteiger partial charge in [0.15, 0.2) is 5.11 Å². The predicted octanol–water partition coefficient (Wildman–Crippen LogP) is 2.77. The maximum Gasteiger partial charge on any atom is 0.256 e. The van der Waals surface area contributed by atoms with Gasteiger partial charge in [-0.15, -0.1) is 0 Å². The smallest absolute Gasteiger partial charge is 0.256 e. The van der Waals surface area contributed by atoms with E-state index in [1.807, 2.05) is 53.4 Å². The molecule has 0 spiro atoms. The molecule has 0 radical (unpaired) electrons. The van der Waals surface area contributed by atoms with Crippen molar-refractivity contribution in [3.05, 3.63) is 59.8 Å². The van der Waals surface area contributed by atoms with E-state index in [2.05, 4.69) is 4.98 Å². The van der Waals surface area contributed by atoms with E-state index in [4.69, 9.17) is 17.0 Å². The molecule has 2 unspecified atom stereocenters. The van der Waals surface area contributed by atoms with Crippen LogP contribution >= 0.6 is 12.2 Å². The number of aliphatic hydroxyl groups excluding tert-OH is 1. The van der Waals surface area contributed by atoms with Gasteiger partial charge in [-0.2, -0.15) is 0 Å². The van der Waals surface area contributed by atoms with E-state index in [0.29, 0.717) is 11.5 Å². The number of nitrogens with one attached hydrogen (secondary N) is 1. The molecule has 5 rings (SSSR count). The Morgan fingerprint density at radius 1 is 1.25 bits per heavy atom. The third kappa shape index (κ3) is 2.30. The van der Waals surface area contributed by atoms with Crippen molar-refractivity contribution < 1.29 is 14.6 Å². The second-order valence-electron chi connectivity index (χ2n) is 7.05. The van der Waals surface area contributed by atoms with Gasteiger partial charge in [-0.3, -0.25) is 9.69 Å². The largest absolute Gasteiger partial charge is 0.497 e. The van der Waals surface area contributed by atoms with Crippen molar-refractivity contribution in [2.45, 2.75) is 18.5 Å². The number of aromatic amines is 1. The van der Waals surface area contributed by atoms with Crippen LogP contribution in [0.2, 0.25) is 0 Å². The Kier molecular flexibility index (Phi) is 3.89. The highest BCUT2D eigenvalue weighted by Crippen LogP contribution is 2.42. The molecule has 3 aromatic rings. The lowest BCUT2D eigenvalue weighted by Crippen LogP contribution is -2.44. The Hall–Kier alpha value is -2.90. The van der Waals surface area contributed by atoms with Gasteiger partial charge < -0.3 is 19.7 Å². The predicted molar refractivity (Wildman–Crippen MR) is 111 cm³/mol. The molecule has 0 aliphatic carbocycles. The summed E-state index contributed by atoms with van der Waals surface area (Å²) >= 11 is 5.68. The van der Waals surface area contributed by atoms with E-state index in [0.717, 1.165) is 33.6 Å². The first-order valence-corrected chi connectivity index (χ1v) is 9.55. The lowest BCUT2D eigenvalue weighted by Gasteiger charge is -2.36. The van der Waals surface area contributed by atoms with Crippen LogP contribution in [-0.4, -0.2) is 45.8 Å². The van der Waals surface area contributed by atoms with Crippen molar-refractivity contribution in [2.24, 2.45) is 0 Å². The van der Waals surface area contributed by atoms with Crippen LogP contribution in [0.5, 0.6) is 5.75 Å². The minimum absolute atomic E-state index is 0.0578. The van der Waals surface area contributed by atoms with Crippen LogP contribution in [-0.2, 0) is 11.2 Å². The van der Waals surface area contributed by atoms with Crippen molar-refractivity contribution in [1.29, 1.82) is 0 Å². The molecule has 1 amide bonds. The maximum atomic E-state index is 13.3. The lowest BCUT2D eigenvalue weighted by molar-refractivity contribution is -0.120. The van der Waals surface area contributed by atoms with Crippen molar-refractivity contribution in [1.82, 2.24) is 9.88 Å². The second-order valence-corrected chi connectivity index (χ2v) is 7.41. The van der Waals surface area contributed by atoms with Crippen LogP contribution < -0.4 is 9.64 Å². The van der Waals surface area contributed by atoms with Gasteiger partial charge in [0.2, 0.25) is 0 Å². The molecule has 0 saturated carbocycles. The number of carbonyl (C=O) groups is 1. The topological polar surface area (TPSA) is 68.8 Å². The fourth-order valence-corrected chi connectivity index (χ4v) is 4.80. The van der Waals surface area contributed by atoms with Gasteiger partial charge in [0.05, 0.1) is 25.4 Å². The zero-order chi connectivity index (χ0) is 19.4. The Morgan fingerprint density at radius 3 is 2.75 bits per heavy atom. The number of aromatic nitrogens is 1. The number of anilines is 1. The molecule has 2 atom stereocenters. The zero-order valence-electron chi connectivity index (χ0n) is 15.3. The Morgan fingerprint density at radius 2 is 2.04 bits per heavy atom. The van der Waals surface area contributed by atoms with Crippen LogP contribution in [0, 0.1) is 0 Å². The van der Waals surface area contributed by atoms with E-state index in [-0.39, 0.29) is 12.5 Å². The number of methoxy groups -OCH3 is 1. The van der Waals surface area contributed by atoms with E-state index in [9.17, 15) is 9.90 Å². The summed E-state index contributed by atoms with van der Waals surface area (Å²) < 4.78 is 5.37. The molecule has 2 N–H and O–H groups in total. The zero-order valence-corrected chi connectivity index (χ0v) is 16.1. The minimum Gasteiger partial charge on any atom is -0.497 e. The maximum absolute atomic E-state index is 13.3. The van der Waals surface area contributed by atoms with Gasteiger partial charge in [-0.1, -0.05) is 18.2 Å². The highest BCUT2D eigenvalue weighted by molar-refractivity contribution is 7.80. The third-order valence-corrected chi connectivity index (χ3v) is 6.05. The Labute approximate surface area is 167 Å². The molecule has 1 aromatic heterocycles. The number of thiocarbonyl (C=S) groups is 1. The van der Waals surface area contributed by atoms with E-state index >= 15 is 0 Å². The molecule has 6 nitrogen and oxygen atoms in total. The number of ether oxygens (including phenoxy) is 1.